The number of hydrogen-bond donors (Lipinski definition) is 1. The standard InChI is InChI=1S/C8H16N2O3S/c1-7(11)9-5-6-10(8-3-4-8)14(2,12)13/h8H,3-6H2,1-2H3,(H,9,11). The Morgan fingerprint density at radius 3 is 2.43 bits per heavy atom. The van der Waals surface area contributed by atoms with Gasteiger partial charge in [-0.2, -0.15) is 4.31 Å². The first-order valence-electron chi connectivity index (χ1n) is 4.62. The Morgan fingerprint density at radius 2 is 2.07 bits per heavy atom. The zero-order valence-electron chi connectivity index (χ0n) is 8.49. The van der Waals surface area contributed by atoms with Crippen LogP contribution in [-0.4, -0.2) is 44.0 Å². The molecule has 0 aromatic rings. The Hall–Kier alpha value is -0.620. The van der Waals surface area contributed by atoms with Crippen molar-refractivity contribution in [2.45, 2.75) is 25.8 Å². The van der Waals surface area contributed by atoms with Crippen LogP contribution in [0.15, 0.2) is 0 Å². The Kier molecular flexibility index (Phi) is 3.49. The Balaban J connectivity index is 2.41. The Labute approximate surface area is 84.5 Å². The number of sulfonamides is 1. The molecule has 1 aliphatic carbocycles. The van der Waals surface area contributed by atoms with E-state index in [1.165, 1.54) is 17.5 Å². The second-order valence-corrected chi connectivity index (χ2v) is 5.52. The fourth-order valence-corrected chi connectivity index (χ4v) is 2.50. The summed E-state index contributed by atoms with van der Waals surface area (Å²) in [6.07, 6.45) is 3.08. The lowest BCUT2D eigenvalue weighted by atomic mass is 10.5. The van der Waals surface area contributed by atoms with Crippen LogP contribution in [0.1, 0.15) is 19.8 Å². The van der Waals surface area contributed by atoms with E-state index in [2.05, 4.69) is 5.32 Å². The van der Waals surface area contributed by atoms with Crippen molar-refractivity contribution in [1.82, 2.24) is 9.62 Å². The van der Waals surface area contributed by atoms with Crippen LogP contribution in [0.5, 0.6) is 0 Å². The summed E-state index contributed by atoms with van der Waals surface area (Å²) in [5.41, 5.74) is 0. The maximum Gasteiger partial charge on any atom is 0.216 e. The van der Waals surface area contributed by atoms with Gasteiger partial charge in [0.1, 0.15) is 0 Å². The lowest BCUT2D eigenvalue weighted by molar-refractivity contribution is -0.118. The number of nitrogens with zero attached hydrogens (tertiary/aromatic N) is 1. The van der Waals surface area contributed by atoms with Gasteiger partial charge in [-0.25, -0.2) is 8.42 Å². The number of carbonyl (C=O) groups is 1. The summed E-state index contributed by atoms with van der Waals surface area (Å²) in [5.74, 6) is -0.130. The highest BCUT2D eigenvalue weighted by Gasteiger charge is 2.34. The molecule has 0 radical (unpaired) electrons. The number of carbonyl (C=O) groups excluding carboxylic acids is 1. The molecule has 0 heterocycles. The van der Waals surface area contributed by atoms with Crippen molar-refractivity contribution in [2.24, 2.45) is 0 Å². The molecular formula is C8H16N2O3S. The van der Waals surface area contributed by atoms with Gasteiger partial charge in [-0.3, -0.25) is 4.79 Å². The van der Waals surface area contributed by atoms with Gasteiger partial charge in [0, 0.05) is 26.1 Å². The van der Waals surface area contributed by atoms with E-state index >= 15 is 0 Å². The van der Waals surface area contributed by atoms with Crippen molar-refractivity contribution in [3.63, 3.8) is 0 Å². The molecule has 0 spiro atoms. The summed E-state index contributed by atoms with van der Waals surface area (Å²) in [6.45, 7) is 2.18. The van der Waals surface area contributed by atoms with E-state index in [9.17, 15) is 13.2 Å². The molecule has 0 bridgehead atoms. The van der Waals surface area contributed by atoms with Crippen molar-refractivity contribution in [3.05, 3.63) is 0 Å². The van der Waals surface area contributed by atoms with E-state index in [0.29, 0.717) is 13.1 Å². The van der Waals surface area contributed by atoms with Gasteiger partial charge in [-0.1, -0.05) is 0 Å². The summed E-state index contributed by atoms with van der Waals surface area (Å²) in [6, 6.07) is 0.166. The highest BCUT2D eigenvalue weighted by atomic mass is 32.2. The first kappa shape index (κ1) is 11.5. The maximum atomic E-state index is 11.3. The van der Waals surface area contributed by atoms with Crippen LogP contribution in [0, 0.1) is 0 Å². The molecule has 0 aliphatic heterocycles. The molecule has 1 fully saturated rings. The van der Waals surface area contributed by atoms with Crippen LogP contribution in [0.2, 0.25) is 0 Å². The average molecular weight is 220 g/mol. The van der Waals surface area contributed by atoms with Gasteiger partial charge in [-0.05, 0) is 12.8 Å². The fraction of sp³-hybridized carbons (Fsp3) is 0.875. The monoisotopic (exact) mass is 220 g/mol. The van der Waals surface area contributed by atoms with Crippen LogP contribution < -0.4 is 5.32 Å². The van der Waals surface area contributed by atoms with E-state index in [4.69, 9.17) is 0 Å². The summed E-state index contributed by atoms with van der Waals surface area (Å²) in [4.78, 5) is 10.6. The highest BCUT2D eigenvalue weighted by Crippen LogP contribution is 2.28. The molecule has 0 unspecified atom stereocenters. The second kappa shape index (κ2) is 4.27. The first-order chi connectivity index (χ1) is 6.41. The van der Waals surface area contributed by atoms with E-state index in [-0.39, 0.29) is 11.9 Å². The van der Waals surface area contributed by atoms with Crippen molar-refractivity contribution >= 4 is 15.9 Å². The smallest absolute Gasteiger partial charge is 0.216 e. The largest absolute Gasteiger partial charge is 0.355 e. The second-order valence-electron chi connectivity index (χ2n) is 3.59. The minimum atomic E-state index is -3.12. The Morgan fingerprint density at radius 1 is 1.50 bits per heavy atom. The molecule has 5 nitrogen and oxygen atoms in total. The van der Waals surface area contributed by atoms with Crippen LogP contribution in [0.4, 0.5) is 0 Å². The van der Waals surface area contributed by atoms with Crippen LogP contribution in [0.25, 0.3) is 0 Å². The molecule has 1 amide bonds. The maximum absolute atomic E-state index is 11.3. The molecule has 14 heavy (non-hydrogen) atoms. The van der Waals surface area contributed by atoms with Crippen LogP contribution in [0.3, 0.4) is 0 Å². The van der Waals surface area contributed by atoms with Gasteiger partial charge in [-0.15, -0.1) is 0 Å². The van der Waals surface area contributed by atoms with Crippen molar-refractivity contribution < 1.29 is 13.2 Å². The quantitative estimate of drug-likeness (QED) is 0.682. The summed E-state index contributed by atoms with van der Waals surface area (Å²) >= 11 is 0. The third kappa shape index (κ3) is 3.63. The van der Waals surface area contributed by atoms with Gasteiger partial charge >= 0.3 is 0 Å². The number of amides is 1. The molecule has 0 aromatic carbocycles. The third-order valence-electron chi connectivity index (χ3n) is 2.09. The molecular weight excluding hydrogens is 204 g/mol. The van der Waals surface area contributed by atoms with Gasteiger partial charge < -0.3 is 5.32 Å². The summed E-state index contributed by atoms with van der Waals surface area (Å²) in [7, 11) is -3.12. The highest BCUT2D eigenvalue weighted by molar-refractivity contribution is 7.88. The molecule has 1 rings (SSSR count). The number of rotatable bonds is 5. The van der Waals surface area contributed by atoms with Crippen LogP contribution in [-0.2, 0) is 14.8 Å². The minimum Gasteiger partial charge on any atom is -0.355 e. The van der Waals surface area contributed by atoms with Gasteiger partial charge in [0.2, 0.25) is 15.9 Å². The van der Waals surface area contributed by atoms with Crippen molar-refractivity contribution in [3.8, 4) is 0 Å². The number of nitrogens with one attached hydrogen (secondary N) is 1. The topological polar surface area (TPSA) is 66.5 Å². The minimum absolute atomic E-state index is 0.130. The Bertz CT molecular complexity index is 309. The molecule has 82 valence electrons. The lowest BCUT2D eigenvalue weighted by Gasteiger charge is -2.19. The zero-order valence-corrected chi connectivity index (χ0v) is 9.30. The lowest BCUT2D eigenvalue weighted by Crippen LogP contribution is -2.38. The molecule has 0 atom stereocenters. The average Bonchev–Trinajstić information content (AvgIpc) is 2.77. The van der Waals surface area contributed by atoms with Crippen LogP contribution >= 0.6 is 0 Å². The predicted octanol–water partition coefficient (Wildman–Crippen LogP) is -0.454. The molecule has 0 saturated heterocycles. The molecule has 6 heteroatoms. The molecule has 0 aromatic heterocycles. The molecule has 1 N–H and O–H groups in total. The summed E-state index contributed by atoms with van der Waals surface area (Å²) < 4.78 is 24.1. The molecule has 1 aliphatic rings. The number of hydrogen-bond acceptors (Lipinski definition) is 3. The SMILES string of the molecule is CC(=O)NCCN(C1CC1)S(C)(=O)=O. The van der Waals surface area contributed by atoms with Gasteiger partial charge in [0.15, 0.2) is 0 Å². The fourth-order valence-electron chi connectivity index (χ4n) is 1.32. The molecule has 1 saturated carbocycles. The van der Waals surface area contributed by atoms with Crippen molar-refractivity contribution in [1.29, 1.82) is 0 Å². The zero-order chi connectivity index (χ0) is 10.8. The van der Waals surface area contributed by atoms with E-state index in [1.807, 2.05) is 0 Å². The van der Waals surface area contributed by atoms with E-state index in [0.717, 1.165) is 12.8 Å². The van der Waals surface area contributed by atoms with Crippen molar-refractivity contribution in [2.75, 3.05) is 19.3 Å². The predicted molar refractivity (Wildman–Crippen MR) is 53.3 cm³/mol. The summed E-state index contributed by atoms with van der Waals surface area (Å²) in [5, 5.41) is 2.59. The normalized spacial score (nSPS) is 17.1. The van der Waals surface area contributed by atoms with E-state index in [1.54, 1.807) is 0 Å². The van der Waals surface area contributed by atoms with Gasteiger partial charge in [0.25, 0.3) is 0 Å². The first-order valence-corrected chi connectivity index (χ1v) is 6.47. The third-order valence-corrected chi connectivity index (χ3v) is 3.42. The van der Waals surface area contributed by atoms with E-state index < -0.39 is 10.0 Å². The van der Waals surface area contributed by atoms with Gasteiger partial charge in [0.05, 0.1) is 6.26 Å².